The molecule has 0 heterocycles. The van der Waals surface area contributed by atoms with Crippen LogP contribution >= 0.6 is 23.2 Å². The highest BCUT2D eigenvalue weighted by atomic mass is 35.5. The first-order chi connectivity index (χ1) is 8.16. The smallest absolute Gasteiger partial charge is 0.142 e. The second-order valence-electron chi connectivity index (χ2n) is 3.53. The van der Waals surface area contributed by atoms with Crippen LogP contribution in [0, 0.1) is 5.82 Å². The molecule has 0 amide bonds. The number of halogens is 3. The predicted octanol–water partition coefficient (Wildman–Crippen LogP) is 5.30. The highest BCUT2D eigenvalue weighted by Gasteiger charge is 2.04. The number of hydrogen-bond acceptors (Lipinski definition) is 0. The van der Waals surface area contributed by atoms with Crippen molar-refractivity contribution in [1.29, 1.82) is 0 Å². The van der Waals surface area contributed by atoms with Crippen LogP contribution < -0.4 is 0 Å². The van der Waals surface area contributed by atoms with Crippen LogP contribution in [-0.4, -0.2) is 0 Å². The molecule has 0 bridgehead atoms. The predicted molar refractivity (Wildman–Crippen MR) is 71.8 cm³/mol. The van der Waals surface area contributed by atoms with Gasteiger partial charge in [-0.3, -0.25) is 0 Å². The molecule has 17 heavy (non-hydrogen) atoms. The SMILES string of the molecule is Fc1cc(/C=C/c2ccccc2)c(Cl)cc1Cl. The minimum Gasteiger partial charge on any atom is -0.205 e. The summed E-state index contributed by atoms with van der Waals surface area (Å²) in [5.41, 5.74) is 1.64. The molecule has 0 aromatic heterocycles. The summed E-state index contributed by atoms with van der Waals surface area (Å²) in [6.07, 6.45) is 3.63. The van der Waals surface area contributed by atoms with Gasteiger partial charge in [0.15, 0.2) is 0 Å². The van der Waals surface area contributed by atoms with Gasteiger partial charge in [0.05, 0.1) is 5.02 Å². The lowest BCUT2D eigenvalue weighted by Crippen LogP contribution is -1.81. The van der Waals surface area contributed by atoms with Crippen molar-refractivity contribution in [1.82, 2.24) is 0 Å². The Hall–Kier alpha value is -1.31. The molecule has 0 fully saturated rings. The third kappa shape index (κ3) is 3.09. The van der Waals surface area contributed by atoms with Gasteiger partial charge in [0.25, 0.3) is 0 Å². The van der Waals surface area contributed by atoms with Crippen molar-refractivity contribution < 1.29 is 4.39 Å². The van der Waals surface area contributed by atoms with Crippen molar-refractivity contribution in [2.45, 2.75) is 0 Å². The number of benzene rings is 2. The largest absolute Gasteiger partial charge is 0.205 e. The topological polar surface area (TPSA) is 0 Å². The Labute approximate surface area is 109 Å². The van der Waals surface area contributed by atoms with Crippen molar-refractivity contribution in [3.8, 4) is 0 Å². The second-order valence-corrected chi connectivity index (χ2v) is 4.35. The highest BCUT2D eigenvalue weighted by molar-refractivity contribution is 6.35. The summed E-state index contributed by atoms with van der Waals surface area (Å²) in [5, 5.41) is 0.468. The van der Waals surface area contributed by atoms with Gasteiger partial charge in [-0.15, -0.1) is 0 Å². The molecule has 0 aliphatic heterocycles. The molecule has 0 spiro atoms. The van der Waals surface area contributed by atoms with Crippen LogP contribution in [0.2, 0.25) is 10.0 Å². The van der Waals surface area contributed by atoms with E-state index < -0.39 is 5.82 Å². The lowest BCUT2D eigenvalue weighted by molar-refractivity contribution is 0.628. The average molecular weight is 267 g/mol. The fraction of sp³-hybridized carbons (Fsp3) is 0. The van der Waals surface area contributed by atoms with Crippen LogP contribution in [0.15, 0.2) is 42.5 Å². The minimum absolute atomic E-state index is 0.0341. The first-order valence-electron chi connectivity index (χ1n) is 5.04. The molecule has 2 aromatic carbocycles. The van der Waals surface area contributed by atoms with Gasteiger partial charge in [-0.25, -0.2) is 4.39 Å². The van der Waals surface area contributed by atoms with Gasteiger partial charge in [-0.05, 0) is 23.3 Å². The average Bonchev–Trinajstić information content (AvgIpc) is 2.33. The Morgan fingerprint density at radius 3 is 2.29 bits per heavy atom. The fourth-order valence-corrected chi connectivity index (χ4v) is 1.86. The Kier molecular flexibility index (Phi) is 3.82. The molecule has 0 aliphatic carbocycles. The van der Waals surface area contributed by atoms with E-state index in [0.717, 1.165) is 5.56 Å². The standard InChI is InChI=1S/C14H9Cl2F/c15-12-9-13(16)14(17)8-11(12)7-6-10-4-2-1-3-5-10/h1-9H/b7-6+. The summed E-state index contributed by atoms with van der Waals surface area (Å²) >= 11 is 11.6. The molecule has 86 valence electrons. The van der Waals surface area contributed by atoms with Gasteiger partial charge in [-0.1, -0.05) is 65.7 Å². The first-order valence-corrected chi connectivity index (χ1v) is 5.80. The number of rotatable bonds is 2. The molecule has 2 aromatic rings. The van der Waals surface area contributed by atoms with Gasteiger partial charge in [0.2, 0.25) is 0 Å². The van der Waals surface area contributed by atoms with E-state index in [2.05, 4.69) is 0 Å². The monoisotopic (exact) mass is 266 g/mol. The summed E-state index contributed by atoms with van der Waals surface area (Å²) in [6, 6.07) is 12.4. The van der Waals surface area contributed by atoms with Crippen molar-refractivity contribution in [2.75, 3.05) is 0 Å². The number of hydrogen-bond donors (Lipinski definition) is 0. The maximum absolute atomic E-state index is 13.3. The van der Waals surface area contributed by atoms with Gasteiger partial charge in [-0.2, -0.15) is 0 Å². The normalized spacial score (nSPS) is 11.0. The molecule has 0 nitrogen and oxygen atoms in total. The summed E-state index contributed by atoms with van der Waals surface area (Å²) in [5.74, 6) is -0.469. The first kappa shape index (κ1) is 12.2. The lowest BCUT2D eigenvalue weighted by Gasteiger charge is -2.00. The van der Waals surface area contributed by atoms with Crippen LogP contribution in [0.1, 0.15) is 11.1 Å². The van der Waals surface area contributed by atoms with E-state index in [0.29, 0.717) is 10.6 Å². The third-order valence-corrected chi connectivity index (χ3v) is 2.91. The zero-order valence-electron chi connectivity index (χ0n) is 8.83. The van der Waals surface area contributed by atoms with E-state index in [-0.39, 0.29) is 5.02 Å². The van der Waals surface area contributed by atoms with Gasteiger partial charge in [0, 0.05) is 5.02 Å². The molecule has 2 rings (SSSR count). The molecule has 0 atom stereocenters. The Bertz CT molecular complexity index is 548. The molecule has 0 aliphatic rings. The maximum atomic E-state index is 13.3. The van der Waals surface area contributed by atoms with Crippen molar-refractivity contribution >= 4 is 35.4 Å². The van der Waals surface area contributed by atoms with Crippen LogP contribution in [0.4, 0.5) is 4.39 Å². The van der Waals surface area contributed by atoms with E-state index in [4.69, 9.17) is 23.2 Å². The van der Waals surface area contributed by atoms with Gasteiger partial charge in [0.1, 0.15) is 5.82 Å². The Morgan fingerprint density at radius 1 is 0.882 bits per heavy atom. The zero-order valence-corrected chi connectivity index (χ0v) is 10.3. The molecule has 0 N–H and O–H groups in total. The summed E-state index contributed by atoms with van der Waals surface area (Å²) in [4.78, 5) is 0. The summed E-state index contributed by atoms with van der Waals surface area (Å²) in [6.45, 7) is 0. The fourth-order valence-electron chi connectivity index (χ4n) is 1.42. The van der Waals surface area contributed by atoms with Crippen molar-refractivity contribution in [3.63, 3.8) is 0 Å². The molecule has 0 saturated carbocycles. The molecule has 0 radical (unpaired) electrons. The van der Waals surface area contributed by atoms with E-state index in [1.807, 2.05) is 36.4 Å². The third-order valence-electron chi connectivity index (χ3n) is 2.29. The Morgan fingerprint density at radius 2 is 1.59 bits per heavy atom. The van der Waals surface area contributed by atoms with Crippen LogP contribution in [-0.2, 0) is 0 Å². The minimum atomic E-state index is -0.469. The molecule has 0 unspecified atom stereocenters. The summed E-state index contributed by atoms with van der Waals surface area (Å²) in [7, 11) is 0. The van der Waals surface area contributed by atoms with Gasteiger partial charge >= 0.3 is 0 Å². The second kappa shape index (κ2) is 5.35. The summed E-state index contributed by atoms with van der Waals surface area (Å²) < 4.78 is 13.3. The molecule has 0 saturated heterocycles. The molecule has 3 heteroatoms. The van der Waals surface area contributed by atoms with Gasteiger partial charge < -0.3 is 0 Å². The highest BCUT2D eigenvalue weighted by Crippen LogP contribution is 2.25. The maximum Gasteiger partial charge on any atom is 0.142 e. The molecular weight excluding hydrogens is 258 g/mol. The van der Waals surface area contributed by atoms with Crippen molar-refractivity contribution in [2.24, 2.45) is 0 Å². The quantitative estimate of drug-likeness (QED) is 0.511. The molecular formula is C14H9Cl2F. The Balaban J connectivity index is 2.31. The van der Waals surface area contributed by atoms with Crippen LogP contribution in [0.5, 0.6) is 0 Å². The van der Waals surface area contributed by atoms with Crippen LogP contribution in [0.25, 0.3) is 12.2 Å². The van der Waals surface area contributed by atoms with Crippen LogP contribution in [0.3, 0.4) is 0 Å². The lowest BCUT2D eigenvalue weighted by atomic mass is 10.1. The zero-order chi connectivity index (χ0) is 12.3. The van der Waals surface area contributed by atoms with E-state index in [1.165, 1.54) is 12.1 Å². The van der Waals surface area contributed by atoms with E-state index in [1.54, 1.807) is 6.08 Å². The van der Waals surface area contributed by atoms with E-state index >= 15 is 0 Å². The van der Waals surface area contributed by atoms with Crippen molar-refractivity contribution in [3.05, 3.63) is 69.5 Å². The van der Waals surface area contributed by atoms with E-state index in [9.17, 15) is 4.39 Å².